The molecule has 2 N–H and O–H groups in total. The standard InChI is InChI=1S/C20H12Cl2F2N2O2/c21-16-2-1-3-17(22)15(16)10-25-26-20(28)14-8-11(4-7-19(14)27)13-6-5-12(23)9-18(13)24/h1-10,27H,(H,26,28). The first-order chi connectivity index (χ1) is 13.4. The predicted octanol–water partition coefficient (Wildman–Crippen LogP) is 5.41. The minimum atomic E-state index is -0.788. The van der Waals surface area contributed by atoms with Crippen LogP contribution in [0.2, 0.25) is 10.0 Å². The quantitative estimate of drug-likeness (QED) is 0.437. The van der Waals surface area contributed by atoms with Gasteiger partial charge in [0.25, 0.3) is 5.91 Å². The molecule has 0 unspecified atom stereocenters. The highest BCUT2D eigenvalue weighted by molar-refractivity contribution is 6.38. The zero-order chi connectivity index (χ0) is 20.3. The second-order valence-corrected chi connectivity index (χ2v) is 6.50. The highest BCUT2D eigenvalue weighted by Gasteiger charge is 2.14. The van der Waals surface area contributed by atoms with E-state index in [0.29, 0.717) is 21.2 Å². The first-order valence-corrected chi connectivity index (χ1v) is 8.68. The number of phenolic OH excluding ortho intramolecular Hbond substituents is 1. The maximum atomic E-state index is 14.0. The van der Waals surface area contributed by atoms with Gasteiger partial charge in [0.15, 0.2) is 0 Å². The Morgan fingerprint density at radius 3 is 2.43 bits per heavy atom. The van der Waals surface area contributed by atoms with Crippen molar-refractivity contribution in [2.45, 2.75) is 0 Å². The summed E-state index contributed by atoms with van der Waals surface area (Å²) in [4.78, 5) is 12.3. The van der Waals surface area contributed by atoms with E-state index in [4.69, 9.17) is 23.2 Å². The third-order valence-electron chi connectivity index (χ3n) is 3.84. The van der Waals surface area contributed by atoms with Crippen LogP contribution in [0.4, 0.5) is 8.78 Å². The van der Waals surface area contributed by atoms with Crippen LogP contribution < -0.4 is 5.43 Å². The summed E-state index contributed by atoms with van der Waals surface area (Å²) in [5.41, 5.74) is 2.90. The number of halogens is 4. The lowest BCUT2D eigenvalue weighted by Gasteiger charge is -2.08. The van der Waals surface area contributed by atoms with Crippen LogP contribution in [0.5, 0.6) is 5.75 Å². The molecule has 0 aliphatic rings. The first kappa shape index (κ1) is 19.8. The van der Waals surface area contributed by atoms with Crippen LogP contribution in [0.3, 0.4) is 0 Å². The Hall–Kier alpha value is -2.96. The van der Waals surface area contributed by atoms with Crippen LogP contribution in [0, 0.1) is 11.6 Å². The lowest BCUT2D eigenvalue weighted by molar-refractivity contribution is 0.0952. The molecule has 142 valence electrons. The van der Waals surface area contributed by atoms with E-state index in [1.54, 1.807) is 18.2 Å². The third-order valence-corrected chi connectivity index (χ3v) is 4.50. The van der Waals surface area contributed by atoms with Gasteiger partial charge < -0.3 is 5.11 Å². The Labute approximate surface area is 169 Å². The molecule has 0 fully saturated rings. The summed E-state index contributed by atoms with van der Waals surface area (Å²) >= 11 is 12.0. The Kier molecular flexibility index (Phi) is 5.92. The molecule has 3 aromatic carbocycles. The van der Waals surface area contributed by atoms with Crippen molar-refractivity contribution in [1.29, 1.82) is 0 Å². The minimum Gasteiger partial charge on any atom is -0.507 e. The molecule has 3 rings (SSSR count). The summed E-state index contributed by atoms with van der Waals surface area (Å²) in [7, 11) is 0. The number of aromatic hydroxyl groups is 1. The highest BCUT2D eigenvalue weighted by atomic mass is 35.5. The summed E-state index contributed by atoms with van der Waals surface area (Å²) < 4.78 is 27.1. The molecule has 0 aliphatic carbocycles. The van der Waals surface area contributed by atoms with Crippen molar-refractivity contribution in [3.8, 4) is 16.9 Å². The summed E-state index contributed by atoms with van der Waals surface area (Å²) in [5.74, 6) is -2.56. The largest absolute Gasteiger partial charge is 0.507 e. The molecule has 0 atom stereocenters. The summed E-state index contributed by atoms with van der Waals surface area (Å²) in [5, 5.41) is 14.4. The molecular weight excluding hydrogens is 409 g/mol. The zero-order valence-electron chi connectivity index (χ0n) is 14.1. The van der Waals surface area contributed by atoms with Crippen LogP contribution in [0.15, 0.2) is 59.7 Å². The van der Waals surface area contributed by atoms with E-state index in [9.17, 15) is 18.7 Å². The maximum absolute atomic E-state index is 14.0. The fourth-order valence-corrected chi connectivity index (χ4v) is 2.95. The van der Waals surface area contributed by atoms with Crippen molar-refractivity contribution in [2.75, 3.05) is 0 Å². The van der Waals surface area contributed by atoms with E-state index in [1.807, 2.05) is 0 Å². The number of carbonyl (C=O) groups excluding carboxylic acids is 1. The van der Waals surface area contributed by atoms with Gasteiger partial charge in [-0.15, -0.1) is 0 Å². The average Bonchev–Trinajstić information content (AvgIpc) is 2.65. The van der Waals surface area contributed by atoms with Crippen LogP contribution in [0.25, 0.3) is 11.1 Å². The van der Waals surface area contributed by atoms with E-state index in [-0.39, 0.29) is 16.9 Å². The van der Waals surface area contributed by atoms with Crippen molar-refractivity contribution < 1.29 is 18.7 Å². The maximum Gasteiger partial charge on any atom is 0.275 e. The van der Waals surface area contributed by atoms with Crippen LogP contribution in [-0.2, 0) is 0 Å². The average molecular weight is 421 g/mol. The first-order valence-electron chi connectivity index (χ1n) is 7.92. The van der Waals surface area contributed by atoms with Gasteiger partial charge in [0.1, 0.15) is 17.4 Å². The molecule has 0 saturated carbocycles. The number of hydrazone groups is 1. The lowest BCUT2D eigenvalue weighted by atomic mass is 10.0. The van der Waals surface area contributed by atoms with Gasteiger partial charge in [0.05, 0.1) is 21.8 Å². The number of amides is 1. The van der Waals surface area contributed by atoms with Gasteiger partial charge in [-0.1, -0.05) is 35.3 Å². The smallest absolute Gasteiger partial charge is 0.275 e. The van der Waals surface area contributed by atoms with Gasteiger partial charge in [-0.05, 0) is 42.0 Å². The molecule has 0 bridgehead atoms. The van der Waals surface area contributed by atoms with E-state index >= 15 is 0 Å². The normalized spacial score (nSPS) is 11.0. The second-order valence-electron chi connectivity index (χ2n) is 5.69. The van der Waals surface area contributed by atoms with Gasteiger partial charge in [0, 0.05) is 17.2 Å². The summed E-state index contributed by atoms with van der Waals surface area (Å²) in [6.07, 6.45) is 1.27. The van der Waals surface area contributed by atoms with Crippen molar-refractivity contribution in [2.24, 2.45) is 5.10 Å². The molecule has 28 heavy (non-hydrogen) atoms. The van der Waals surface area contributed by atoms with Gasteiger partial charge >= 0.3 is 0 Å². The third kappa shape index (κ3) is 4.30. The number of phenols is 1. The van der Waals surface area contributed by atoms with Crippen molar-refractivity contribution in [3.05, 3.63) is 87.4 Å². The number of hydrogen-bond donors (Lipinski definition) is 2. The van der Waals surface area contributed by atoms with E-state index in [1.165, 1.54) is 30.5 Å². The molecule has 1 amide bonds. The van der Waals surface area contributed by atoms with Crippen molar-refractivity contribution in [1.82, 2.24) is 5.43 Å². The summed E-state index contributed by atoms with van der Waals surface area (Å²) in [6, 6.07) is 11.9. The van der Waals surface area contributed by atoms with Gasteiger partial charge in [0.2, 0.25) is 0 Å². The topological polar surface area (TPSA) is 61.7 Å². The monoisotopic (exact) mass is 420 g/mol. The van der Waals surface area contributed by atoms with Crippen LogP contribution >= 0.6 is 23.2 Å². The molecule has 3 aromatic rings. The van der Waals surface area contributed by atoms with Gasteiger partial charge in [-0.25, -0.2) is 14.2 Å². The highest BCUT2D eigenvalue weighted by Crippen LogP contribution is 2.28. The van der Waals surface area contributed by atoms with Crippen LogP contribution in [-0.4, -0.2) is 17.2 Å². The second kappa shape index (κ2) is 8.37. The molecule has 4 nitrogen and oxygen atoms in total. The number of benzene rings is 3. The fourth-order valence-electron chi connectivity index (χ4n) is 2.46. The van der Waals surface area contributed by atoms with Crippen molar-refractivity contribution >= 4 is 35.3 Å². The summed E-state index contributed by atoms with van der Waals surface area (Å²) in [6.45, 7) is 0. The Morgan fingerprint density at radius 1 is 1.04 bits per heavy atom. The lowest BCUT2D eigenvalue weighted by Crippen LogP contribution is -2.18. The molecule has 0 spiro atoms. The zero-order valence-corrected chi connectivity index (χ0v) is 15.6. The van der Waals surface area contributed by atoms with E-state index in [0.717, 1.165) is 12.1 Å². The number of nitrogens with zero attached hydrogens (tertiary/aromatic N) is 1. The van der Waals surface area contributed by atoms with E-state index in [2.05, 4.69) is 10.5 Å². The molecular formula is C20H12Cl2F2N2O2. The number of rotatable bonds is 4. The molecule has 0 aliphatic heterocycles. The number of hydrogen-bond acceptors (Lipinski definition) is 3. The number of carbonyl (C=O) groups is 1. The minimum absolute atomic E-state index is 0.0850. The van der Waals surface area contributed by atoms with Crippen molar-refractivity contribution in [3.63, 3.8) is 0 Å². The van der Waals surface area contributed by atoms with E-state index < -0.39 is 17.5 Å². The Morgan fingerprint density at radius 2 is 1.75 bits per heavy atom. The van der Waals surface area contributed by atoms with Gasteiger partial charge in [-0.3, -0.25) is 4.79 Å². The fraction of sp³-hybridized carbons (Fsp3) is 0. The van der Waals surface area contributed by atoms with Crippen LogP contribution in [0.1, 0.15) is 15.9 Å². The van der Waals surface area contributed by atoms with Gasteiger partial charge in [-0.2, -0.15) is 5.10 Å². The molecule has 0 heterocycles. The Bertz CT molecular complexity index is 1070. The molecule has 0 radical (unpaired) electrons. The SMILES string of the molecule is O=C(NN=Cc1c(Cl)cccc1Cl)c1cc(-c2ccc(F)cc2F)ccc1O. The molecule has 0 aromatic heterocycles. The number of nitrogens with one attached hydrogen (secondary N) is 1. The molecule has 8 heteroatoms. The predicted molar refractivity (Wildman–Crippen MR) is 105 cm³/mol. The molecule has 0 saturated heterocycles. The Balaban J connectivity index is 1.85.